The van der Waals surface area contributed by atoms with Crippen LogP contribution in [0.15, 0.2) is 42.5 Å². The number of amides is 1. The largest absolute Gasteiger partial charge is 0.496 e. The van der Waals surface area contributed by atoms with E-state index in [1.807, 2.05) is 0 Å². The van der Waals surface area contributed by atoms with Gasteiger partial charge in [0.05, 0.1) is 34.5 Å². The third kappa shape index (κ3) is 4.18. The number of H-pyrrole nitrogens is 1. The number of hydrogen-bond donors (Lipinski definition) is 2. The van der Waals surface area contributed by atoms with Gasteiger partial charge in [-0.2, -0.15) is 5.10 Å². The molecule has 2 N–H and O–H groups in total. The monoisotopic (exact) mass is 406 g/mol. The molecule has 0 aliphatic heterocycles. The van der Waals surface area contributed by atoms with E-state index >= 15 is 0 Å². The van der Waals surface area contributed by atoms with Gasteiger partial charge < -0.3 is 10.1 Å². The Morgan fingerprint density at radius 1 is 1.22 bits per heavy atom. The van der Waals surface area contributed by atoms with Crippen molar-refractivity contribution in [3.05, 3.63) is 68.3 Å². The predicted octanol–water partition coefficient (Wildman–Crippen LogP) is 4.55. The molecule has 0 saturated carbocycles. The van der Waals surface area contributed by atoms with Crippen molar-refractivity contribution in [1.82, 2.24) is 10.2 Å². The number of methoxy groups -OCH3 is 1. The number of hydrogen-bond acceptors (Lipinski definition) is 5. The lowest BCUT2D eigenvalue weighted by atomic mass is 10.1. The van der Waals surface area contributed by atoms with E-state index in [2.05, 4.69) is 15.5 Å². The molecule has 0 radical (unpaired) electrons. The van der Waals surface area contributed by atoms with Gasteiger partial charge in [0.25, 0.3) is 11.6 Å². The fourth-order valence-corrected chi connectivity index (χ4v) is 2.86. The van der Waals surface area contributed by atoms with Gasteiger partial charge in [-0.1, -0.05) is 23.2 Å². The first-order valence-electron chi connectivity index (χ1n) is 7.53. The van der Waals surface area contributed by atoms with Crippen molar-refractivity contribution in [2.45, 2.75) is 0 Å². The second kappa shape index (κ2) is 7.65. The molecule has 138 valence electrons. The van der Waals surface area contributed by atoms with E-state index in [0.717, 1.165) is 0 Å². The summed E-state index contributed by atoms with van der Waals surface area (Å²) in [6.07, 6.45) is 0. The first-order chi connectivity index (χ1) is 12.9. The molecule has 3 rings (SSSR count). The maximum absolute atomic E-state index is 12.4. The quantitative estimate of drug-likeness (QED) is 0.476. The SMILES string of the molecule is COc1cc(NC(=O)c2cc(-c3ccc(Cl)cc3Cl)n[nH]2)cc([N+](=O)[O-])c1. The molecule has 0 unspecified atom stereocenters. The van der Waals surface area contributed by atoms with Gasteiger partial charge in [-0.15, -0.1) is 0 Å². The smallest absolute Gasteiger partial charge is 0.275 e. The summed E-state index contributed by atoms with van der Waals surface area (Å²) in [5, 5.41) is 21.1. The summed E-state index contributed by atoms with van der Waals surface area (Å²) in [4.78, 5) is 22.8. The Hall–Kier alpha value is -3.10. The number of aromatic amines is 1. The molecule has 1 aromatic heterocycles. The van der Waals surface area contributed by atoms with Crippen LogP contribution in [0, 0.1) is 10.1 Å². The standard InChI is InChI=1S/C17H12Cl2N4O4/c1-27-12-6-10(5-11(7-12)23(25)26)20-17(24)16-8-15(21-22-16)13-3-2-9(18)4-14(13)19/h2-8H,1H3,(H,20,24)(H,21,22). The molecular weight excluding hydrogens is 395 g/mol. The minimum atomic E-state index is -0.574. The van der Waals surface area contributed by atoms with Crippen LogP contribution in [0.2, 0.25) is 10.0 Å². The fraction of sp³-hybridized carbons (Fsp3) is 0.0588. The number of benzene rings is 2. The van der Waals surface area contributed by atoms with Crippen molar-refractivity contribution < 1.29 is 14.5 Å². The van der Waals surface area contributed by atoms with Crippen LogP contribution >= 0.6 is 23.2 Å². The molecule has 1 amide bonds. The zero-order valence-corrected chi connectivity index (χ0v) is 15.3. The van der Waals surface area contributed by atoms with Gasteiger partial charge in [0.2, 0.25) is 0 Å². The number of nitro benzene ring substituents is 1. The number of ether oxygens (including phenoxy) is 1. The van der Waals surface area contributed by atoms with Gasteiger partial charge in [-0.25, -0.2) is 0 Å². The molecule has 0 saturated heterocycles. The Bertz CT molecular complexity index is 1040. The van der Waals surface area contributed by atoms with Crippen molar-refractivity contribution >= 4 is 40.5 Å². The van der Waals surface area contributed by atoms with Gasteiger partial charge in [-0.05, 0) is 24.3 Å². The summed E-state index contributed by atoms with van der Waals surface area (Å²) in [7, 11) is 1.38. The molecular formula is C17H12Cl2N4O4. The number of anilines is 1. The van der Waals surface area contributed by atoms with Crippen LogP contribution in [0.1, 0.15) is 10.5 Å². The van der Waals surface area contributed by atoms with Crippen molar-refractivity contribution in [2.75, 3.05) is 12.4 Å². The first kappa shape index (κ1) is 18.7. The molecule has 0 fully saturated rings. The highest BCUT2D eigenvalue weighted by Crippen LogP contribution is 2.30. The Balaban J connectivity index is 1.84. The summed E-state index contributed by atoms with van der Waals surface area (Å²) in [5.74, 6) is -0.279. The minimum absolute atomic E-state index is 0.154. The highest BCUT2D eigenvalue weighted by atomic mass is 35.5. The van der Waals surface area contributed by atoms with Gasteiger partial charge in [0.1, 0.15) is 11.4 Å². The highest BCUT2D eigenvalue weighted by Gasteiger charge is 2.16. The average molecular weight is 407 g/mol. The van der Waals surface area contributed by atoms with Gasteiger partial charge in [0, 0.05) is 22.7 Å². The Labute approximate surface area is 163 Å². The number of nitrogens with one attached hydrogen (secondary N) is 2. The van der Waals surface area contributed by atoms with Crippen LogP contribution < -0.4 is 10.1 Å². The molecule has 2 aromatic carbocycles. The summed E-state index contributed by atoms with van der Waals surface area (Å²) in [6, 6.07) is 10.4. The third-order valence-corrected chi connectivity index (χ3v) is 4.17. The van der Waals surface area contributed by atoms with Crippen LogP contribution in [0.5, 0.6) is 5.75 Å². The summed E-state index contributed by atoms with van der Waals surface area (Å²) >= 11 is 12.0. The van der Waals surface area contributed by atoms with Gasteiger partial charge >= 0.3 is 0 Å². The molecule has 0 atom stereocenters. The van der Waals surface area contributed by atoms with E-state index < -0.39 is 10.8 Å². The summed E-state index contributed by atoms with van der Waals surface area (Å²) in [5.41, 5.74) is 1.22. The van der Waals surface area contributed by atoms with Crippen LogP contribution in [0.3, 0.4) is 0 Å². The lowest BCUT2D eigenvalue weighted by Crippen LogP contribution is -2.12. The maximum Gasteiger partial charge on any atom is 0.275 e. The first-order valence-corrected chi connectivity index (χ1v) is 8.28. The van der Waals surface area contributed by atoms with E-state index in [4.69, 9.17) is 27.9 Å². The fourth-order valence-electron chi connectivity index (χ4n) is 2.35. The normalized spacial score (nSPS) is 10.5. The number of carbonyl (C=O) groups excluding carboxylic acids is 1. The number of nitrogens with zero attached hydrogens (tertiary/aromatic N) is 2. The van der Waals surface area contributed by atoms with Gasteiger partial charge in [-0.3, -0.25) is 20.0 Å². The van der Waals surface area contributed by atoms with Crippen molar-refractivity contribution in [1.29, 1.82) is 0 Å². The zero-order chi connectivity index (χ0) is 19.6. The molecule has 0 aliphatic rings. The van der Waals surface area contributed by atoms with Crippen LogP contribution in [-0.2, 0) is 0 Å². The number of nitro groups is 1. The second-order valence-corrected chi connectivity index (χ2v) is 6.27. The molecule has 27 heavy (non-hydrogen) atoms. The third-order valence-electron chi connectivity index (χ3n) is 3.63. The van der Waals surface area contributed by atoms with E-state index in [-0.39, 0.29) is 22.8 Å². The van der Waals surface area contributed by atoms with Crippen LogP contribution in [0.4, 0.5) is 11.4 Å². The van der Waals surface area contributed by atoms with Crippen molar-refractivity contribution in [3.63, 3.8) is 0 Å². The number of aromatic nitrogens is 2. The predicted molar refractivity (Wildman–Crippen MR) is 102 cm³/mol. The molecule has 0 aliphatic carbocycles. The Kier molecular flexibility index (Phi) is 5.29. The van der Waals surface area contributed by atoms with E-state index in [1.165, 1.54) is 31.4 Å². The number of carbonyl (C=O) groups is 1. The maximum atomic E-state index is 12.4. The van der Waals surface area contributed by atoms with Crippen LogP contribution in [-0.4, -0.2) is 28.1 Å². The summed E-state index contributed by atoms with van der Waals surface area (Å²) < 4.78 is 5.02. The topological polar surface area (TPSA) is 110 Å². The van der Waals surface area contributed by atoms with Crippen LogP contribution in [0.25, 0.3) is 11.3 Å². The molecule has 8 nitrogen and oxygen atoms in total. The van der Waals surface area contributed by atoms with Crippen molar-refractivity contribution in [2.24, 2.45) is 0 Å². The lowest BCUT2D eigenvalue weighted by Gasteiger charge is -2.06. The molecule has 10 heteroatoms. The van der Waals surface area contributed by atoms with E-state index in [1.54, 1.807) is 18.2 Å². The Morgan fingerprint density at radius 3 is 2.67 bits per heavy atom. The average Bonchev–Trinajstić information content (AvgIpc) is 3.11. The zero-order valence-electron chi connectivity index (χ0n) is 13.8. The molecule has 1 heterocycles. The molecule has 3 aromatic rings. The van der Waals surface area contributed by atoms with Gasteiger partial charge in [0.15, 0.2) is 0 Å². The second-order valence-electron chi connectivity index (χ2n) is 5.42. The number of halogens is 2. The summed E-state index contributed by atoms with van der Waals surface area (Å²) in [6.45, 7) is 0. The van der Waals surface area contributed by atoms with E-state index in [9.17, 15) is 14.9 Å². The lowest BCUT2D eigenvalue weighted by molar-refractivity contribution is -0.384. The number of rotatable bonds is 5. The Morgan fingerprint density at radius 2 is 2.00 bits per heavy atom. The molecule has 0 spiro atoms. The highest BCUT2D eigenvalue weighted by molar-refractivity contribution is 6.36. The minimum Gasteiger partial charge on any atom is -0.496 e. The van der Waals surface area contributed by atoms with E-state index in [0.29, 0.717) is 21.3 Å². The number of non-ortho nitro benzene ring substituents is 1. The molecule has 0 bridgehead atoms. The van der Waals surface area contributed by atoms with Crippen molar-refractivity contribution in [3.8, 4) is 17.0 Å².